The number of rotatable bonds is 11. The van der Waals surface area contributed by atoms with Crippen LogP contribution in [0.25, 0.3) is 0 Å². The highest BCUT2D eigenvalue weighted by Crippen LogP contribution is 2.47. The second kappa shape index (κ2) is 12.4. The number of pyridine rings is 1. The third kappa shape index (κ3) is 5.96. The molecule has 1 aromatic carbocycles. The van der Waals surface area contributed by atoms with Gasteiger partial charge in [-0.2, -0.15) is 4.89 Å². The predicted molar refractivity (Wildman–Crippen MR) is 133 cm³/mol. The lowest BCUT2D eigenvalue weighted by Gasteiger charge is -2.30. The number of anilines is 1. The Morgan fingerprint density at radius 2 is 2.03 bits per heavy atom. The Labute approximate surface area is 199 Å². The van der Waals surface area contributed by atoms with Crippen LogP contribution in [0.4, 0.5) is 28.6 Å². The van der Waals surface area contributed by atoms with Gasteiger partial charge in [0.15, 0.2) is 12.2 Å². The molecule has 34 heavy (non-hydrogen) atoms. The molecule has 10 nitrogen and oxygen atoms in total. The summed E-state index contributed by atoms with van der Waals surface area (Å²) in [6.07, 6.45) is 8.71. The average Bonchev–Trinajstić information content (AvgIpc) is 2.86. The van der Waals surface area contributed by atoms with Gasteiger partial charge < -0.3 is 19.3 Å². The van der Waals surface area contributed by atoms with Crippen LogP contribution in [0.3, 0.4) is 0 Å². The normalized spacial score (nSPS) is 13.6. The summed E-state index contributed by atoms with van der Waals surface area (Å²) >= 11 is 0. The summed E-state index contributed by atoms with van der Waals surface area (Å²) in [6, 6.07) is 3.65. The summed E-state index contributed by atoms with van der Waals surface area (Å²) in [7, 11) is 3.04. The van der Waals surface area contributed by atoms with Crippen LogP contribution in [0.5, 0.6) is 5.75 Å². The fourth-order valence-electron chi connectivity index (χ4n) is 3.54. The summed E-state index contributed by atoms with van der Waals surface area (Å²) < 4.78 is 11.2. The second-order valence-corrected chi connectivity index (χ2v) is 7.39. The quantitative estimate of drug-likeness (QED) is 0.1000. The van der Waals surface area contributed by atoms with E-state index < -0.39 is 0 Å². The standard InChI is InChI=1S/C24H30N6O4/c1-6-11-33-15-27-22-19-9-8-10-30(7-2)23(19)21(31-4)13-20(22)28-29-24-17(3)12-18(14-25-24)26-16-34-32-5/h7,12-16H,2,6,8-11H2,1,3-5H3/b26-16+,27-15?,29-28?. The van der Waals surface area contributed by atoms with E-state index >= 15 is 0 Å². The average molecular weight is 467 g/mol. The molecular weight excluding hydrogens is 436 g/mol. The van der Waals surface area contributed by atoms with Crippen LogP contribution in [0.15, 0.2) is 51.3 Å². The lowest BCUT2D eigenvalue weighted by Crippen LogP contribution is -2.24. The van der Waals surface area contributed by atoms with Crippen LogP contribution in [0, 0.1) is 6.92 Å². The number of azo groups is 1. The first-order chi connectivity index (χ1) is 16.6. The highest BCUT2D eigenvalue weighted by Gasteiger charge is 2.25. The highest BCUT2D eigenvalue weighted by atomic mass is 17.2. The van der Waals surface area contributed by atoms with Crippen molar-refractivity contribution in [2.75, 3.05) is 32.3 Å². The summed E-state index contributed by atoms with van der Waals surface area (Å²) in [5, 5.41) is 8.88. The van der Waals surface area contributed by atoms with E-state index in [2.05, 4.69) is 46.5 Å². The van der Waals surface area contributed by atoms with Crippen molar-refractivity contribution >= 4 is 41.4 Å². The van der Waals surface area contributed by atoms with Crippen molar-refractivity contribution in [2.24, 2.45) is 20.2 Å². The number of aromatic nitrogens is 1. The zero-order valence-electron chi connectivity index (χ0n) is 20.0. The predicted octanol–water partition coefficient (Wildman–Crippen LogP) is 6.03. The van der Waals surface area contributed by atoms with Gasteiger partial charge in [-0.15, -0.1) is 10.2 Å². The number of hydrogen-bond donors (Lipinski definition) is 0. The smallest absolute Gasteiger partial charge is 0.219 e. The molecule has 0 atom stereocenters. The SMILES string of the molecule is C=CN1CCCc2c(N=COCCC)c(N=Nc3ncc(/N=C/OOC)cc3C)cc(OC)c21. The summed E-state index contributed by atoms with van der Waals surface area (Å²) in [5.74, 6) is 1.15. The van der Waals surface area contributed by atoms with E-state index in [1.54, 1.807) is 19.5 Å². The Morgan fingerprint density at radius 3 is 2.74 bits per heavy atom. The zero-order valence-corrected chi connectivity index (χ0v) is 20.0. The monoisotopic (exact) mass is 466 g/mol. The van der Waals surface area contributed by atoms with Gasteiger partial charge in [0.05, 0.1) is 44.1 Å². The molecule has 0 aliphatic carbocycles. The van der Waals surface area contributed by atoms with Gasteiger partial charge in [-0.25, -0.2) is 15.0 Å². The van der Waals surface area contributed by atoms with Crippen molar-refractivity contribution < 1.29 is 19.2 Å². The summed E-state index contributed by atoms with van der Waals surface area (Å²) in [4.78, 5) is 24.3. The van der Waals surface area contributed by atoms with Crippen LogP contribution in [-0.2, 0) is 20.9 Å². The summed E-state index contributed by atoms with van der Waals surface area (Å²) in [5.41, 5.74) is 4.62. The minimum atomic E-state index is 0.466. The third-order valence-electron chi connectivity index (χ3n) is 5.08. The van der Waals surface area contributed by atoms with Gasteiger partial charge in [-0.1, -0.05) is 13.5 Å². The molecule has 10 heteroatoms. The van der Waals surface area contributed by atoms with Gasteiger partial charge in [-0.3, -0.25) is 0 Å². The van der Waals surface area contributed by atoms with Crippen molar-refractivity contribution in [1.29, 1.82) is 0 Å². The van der Waals surface area contributed by atoms with Crippen LogP contribution in [0.2, 0.25) is 0 Å². The molecule has 0 N–H and O–H groups in total. The number of fused-ring (bicyclic) bond motifs is 1. The largest absolute Gasteiger partial charge is 0.494 e. The van der Waals surface area contributed by atoms with E-state index in [4.69, 9.17) is 9.47 Å². The minimum Gasteiger partial charge on any atom is -0.494 e. The fraction of sp³-hybridized carbons (Fsp3) is 0.375. The van der Waals surface area contributed by atoms with E-state index in [0.717, 1.165) is 42.6 Å². The van der Waals surface area contributed by atoms with Crippen molar-refractivity contribution in [3.63, 3.8) is 0 Å². The van der Waals surface area contributed by atoms with E-state index in [1.165, 1.54) is 19.9 Å². The van der Waals surface area contributed by atoms with Gasteiger partial charge in [0.25, 0.3) is 0 Å². The van der Waals surface area contributed by atoms with Gasteiger partial charge in [0.1, 0.15) is 11.4 Å². The molecule has 2 aromatic rings. The highest BCUT2D eigenvalue weighted by molar-refractivity contribution is 5.83. The first kappa shape index (κ1) is 24.8. The molecule has 0 saturated carbocycles. The molecule has 1 aliphatic rings. The lowest BCUT2D eigenvalue weighted by atomic mass is 9.98. The van der Waals surface area contributed by atoms with E-state index in [0.29, 0.717) is 35.2 Å². The third-order valence-corrected chi connectivity index (χ3v) is 5.08. The molecule has 0 saturated heterocycles. The maximum absolute atomic E-state index is 5.69. The van der Waals surface area contributed by atoms with E-state index in [-0.39, 0.29) is 0 Å². The number of nitrogens with zero attached hydrogens (tertiary/aromatic N) is 6. The van der Waals surface area contributed by atoms with Crippen LogP contribution in [-0.4, -0.2) is 45.2 Å². The minimum absolute atomic E-state index is 0.466. The molecule has 1 aromatic heterocycles. The van der Waals surface area contributed by atoms with Gasteiger partial charge in [0.2, 0.25) is 6.40 Å². The molecule has 0 amide bonds. The molecule has 2 heterocycles. The fourth-order valence-corrected chi connectivity index (χ4v) is 3.54. The van der Waals surface area contributed by atoms with E-state index in [1.807, 2.05) is 26.0 Å². The van der Waals surface area contributed by atoms with E-state index in [9.17, 15) is 0 Å². The molecule has 0 bridgehead atoms. The molecule has 1 aliphatic heterocycles. The van der Waals surface area contributed by atoms with Crippen molar-refractivity contribution in [2.45, 2.75) is 33.1 Å². The molecule has 0 fully saturated rings. The Kier molecular flexibility index (Phi) is 9.10. The number of methoxy groups -OCH3 is 1. The molecule has 0 radical (unpaired) electrons. The number of ether oxygens (including phenoxy) is 2. The molecule has 3 rings (SSSR count). The zero-order chi connectivity index (χ0) is 24.3. The van der Waals surface area contributed by atoms with Crippen LogP contribution < -0.4 is 9.64 Å². The second-order valence-electron chi connectivity index (χ2n) is 7.39. The van der Waals surface area contributed by atoms with Crippen molar-refractivity contribution in [3.05, 3.63) is 42.2 Å². The number of benzene rings is 1. The molecule has 0 unspecified atom stereocenters. The Hall–Kier alpha value is -3.79. The van der Waals surface area contributed by atoms with Gasteiger partial charge in [-0.05, 0) is 44.0 Å². The molecule has 0 spiro atoms. The molecular formula is C24H30N6O4. The number of aliphatic imine (C=N–C) groups is 2. The van der Waals surface area contributed by atoms with Crippen LogP contribution >= 0.6 is 0 Å². The Balaban J connectivity index is 2.02. The van der Waals surface area contributed by atoms with Crippen LogP contribution in [0.1, 0.15) is 30.9 Å². The number of aryl methyl sites for hydroxylation is 1. The first-order valence-electron chi connectivity index (χ1n) is 11.0. The Bertz CT molecular complexity index is 1080. The number of hydrogen-bond acceptors (Lipinski definition) is 10. The topological polar surface area (TPSA) is 102 Å². The first-order valence-corrected chi connectivity index (χ1v) is 11.0. The van der Waals surface area contributed by atoms with Gasteiger partial charge in [0, 0.05) is 18.2 Å². The van der Waals surface area contributed by atoms with Gasteiger partial charge >= 0.3 is 0 Å². The van der Waals surface area contributed by atoms with Crippen molar-refractivity contribution in [1.82, 2.24) is 4.98 Å². The lowest BCUT2D eigenvalue weighted by molar-refractivity contribution is -0.187. The molecule has 180 valence electrons. The summed E-state index contributed by atoms with van der Waals surface area (Å²) in [6.45, 7) is 9.31. The van der Waals surface area contributed by atoms with Crippen molar-refractivity contribution in [3.8, 4) is 5.75 Å². The maximum Gasteiger partial charge on any atom is 0.219 e. The Morgan fingerprint density at radius 1 is 1.18 bits per heavy atom. The maximum atomic E-state index is 5.69.